The third-order valence-corrected chi connectivity index (χ3v) is 1.55. The van der Waals surface area contributed by atoms with E-state index in [-0.39, 0.29) is 6.03 Å². The van der Waals surface area contributed by atoms with E-state index in [2.05, 4.69) is 0 Å². The first kappa shape index (κ1) is 11.2. The van der Waals surface area contributed by atoms with Crippen LogP contribution in [0.5, 0.6) is 0 Å². The van der Waals surface area contributed by atoms with Gasteiger partial charge in [0.2, 0.25) is 0 Å². The van der Waals surface area contributed by atoms with Gasteiger partial charge >= 0.3 is 6.03 Å². The Labute approximate surface area is 74.1 Å². The summed E-state index contributed by atoms with van der Waals surface area (Å²) in [6.45, 7) is 1.44. The molecule has 0 spiro atoms. The Morgan fingerprint density at radius 1 is 1.33 bits per heavy atom. The van der Waals surface area contributed by atoms with Gasteiger partial charge in [-0.15, -0.1) is 0 Å². The average molecular weight is 174 g/mol. The highest BCUT2D eigenvalue weighted by molar-refractivity contribution is 5.73. The number of carbonyl (C=O) groups excluding carboxylic acids is 1. The van der Waals surface area contributed by atoms with Crippen molar-refractivity contribution in [1.82, 2.24) is 9.80 Å². The Balaban J connectivity index is 3.57. The normalized spacial score (nSPS) is 9.67. The first-order chi connectivity index (χ1) is 5.59. The van der Waals surface area contributed by atoms with Crippen LogP contribution >= 0.6 is 0 Å². The SMILES string of the molecule is COCCCN(C)C(=O)N(C)C. The van der Waals surface area contributed by atoms with Crippen LogP contribution in [0.3, 0.4) is 0 Å². The van der Waals surface area contributed by atoms with Gasteiger partial charge in [-0.05, 0) is 6.42 Å². The lowest BCUT2D eigenvalue weighted by Crippen LogP contribution is -2.37. The van der Waals surface area contributed by atoms with Gasteiger partial charge in [-0.2, -0.15) is 0 Å². The molecule has 72 valence electrons. The van der Waals surface area contributed by atoms with Gasteiger partial charge in [0.25, 0.3) is 0 Å². The molecule has 0 radical (unpaired) electrons. The zero-order chi connectivity index (χ0) is 9.56. The van der Waals surface area contributed by atoms with E-state index in [0.29, 0.717) is 6.61 Å². The van der Waals surface area contributed by atoms with E-state index in [1.807, 2.05) is 0 Å². The highest BCUT2D eigenvalue weighted by Gasteiger charge is 2.08. The summed E-state index contributed by atoms with van der Waals surface area (Å²) in [5.74, 6) is 0. The molecule has 12 heavy (non-hydrogen) atoms. The van der Waals surface area contributed by atoms with E-state index >= 15 is 0 Å². The van der Waals surface area contributed by atoms with Crippen molar-refractivity contribution in [1.29, 1.82) is 0 Å². The first-order valence-electron chi connectivity index (χ1n) is 4.01. The number of urea groups is 1. The van der Waals surface area contributed by atoms with Gasteiger partial charge < -0.3 is 14.5 Å². The second-order valence-corrected chi connectivity index (χ2v) is 2.94. The maximum Gasteiger partial charge on any atom is 0.319 e. The minimum atomic E-state index is 0.0334. The zero-order valence-electron chi connectivity index (χ0n) is 8.33. The van der Waals surface area contributed by atoms with Crippen LogP contribution in [0, 0.1) is 0 Å². The zero-order valence-corrected chi connectivity index (χ0v) is 8.33. The van der Waals surface area contributed by atoms with Gasteiger partial charge in [0.15, 0.2) is 0 Å². The highest BCUT2D eigenvalue weighted by atomic mass is 16.5. The maximum atomic E-state index is 11.2. The Hall–Kier alpha value is -0.770. The van der Waals surface area contributed by atoms with Crippen LogP contribution in [0.25, 0.3) is 0 Å². The predicted molar refractivity (Wildman–Crippen MR) is 48.2 cm³/mol. The molecule has 0 aromatic heterocycles. The van der Waals surface area contributed by atoms with Crippen molar-refractivity contribution < 1.29 is 9.53 Å². The van der Waals surface area contributed by atoms with Gasteiger partial charge in [0.1, 0.15) is 0 Å². The number of ether oxygens (including phenoxy) is 1. The van der Waals surface area contributed by atoms with Crippen molar-refractivity contribution in [2.75, 3.05) is 41.4 Å². The molecule has 0 saturated heterocycles. The fraction of sp³-hybridized carbons (Fsp3) is 0.875. The van der Waals surface area contributed by atoms with Crippen molar-refractivity contribution in [3.8, 4) is 0 Å². The molecule has 0 aliphatic rings. The summed E-state index contributed by atoms with van der Waals surface area (Å²) in [5, 5.41) is 0. The van der Waals surface area contributed by atoms with Gasteiger partial charge in [0, 0.05) is 41.4 Å². The topological polar surface area (TPSA) is 32.8 Å². The second kappa shape index (κ2) is 5.83. The second-order valence-electron chi connectivity index (χ2n) is 2.94. The third kappa shape index (κ3) is 4.18. The van der Waals surface area contributed by atoms with Crippen LogP contribution < -0.4 is 0 Å². The van der Waals surface area contributed by atoms with E-state index in [9.17, 15) is 4.79 Å². The van der Waals surface area contributed by atoms with E-state index < -0.39 is 0 Å². The van der Waals surface area contributed by atoms with E-state index in [1.165, 1.54) is 0 Å². The van der Waals surface area contributed by atoms with Crippen molar-refractivity contribution >= 4 is 6.03 Å². The van der Waals surface area contributed by atoms with E-state index in [0.717, 1.165) is 13.0 Å². The van der Waals surface area contributed by atoms with Crippen LogP contribution in [0.2, 0.25) is 0 Å². The molecule has 4 nitrogen and oxygen atoms in total. The maximum absolute atomic E-state index is 11.2. The largest absolute Gasteiger partial charge is 0.385 e. The average Bonchev–Trinajstić information content (AvgIpc) is 2.03. The Morgan fingerprint density at radius 3 is 2.33 bits per heavy atom. The predicted octanol–water partition coefficient (Wildman–Crippen LogP) is 0.636. The summed E-state index contributed by atoms with van der Waals surface area (Å²) in [6.07, 6.45) is 0.882. The molecule has 0 atom stereocenters. The van der Waals surface area contributed by atoms with Crippen LogP contribution in [-0.4, -0.2) is 57.2 Å². The molecule has 4 heteroatoms. The number of rotatable bonds is 4. The molecule has 0 aliphatic carbocycles. The van der Waals surface area contributed by atoms with Crippen molar-refractivity contribution in [3.05, 3.63) is 0 Å². The summed E-state index contributed by atoms with van der Waals surface area (Å²) in [6, 6.07) is 0.0334. The molecule has 0 bridgehead atoms. The number of amides is 2. The minimum Gasteiger partial charge on any atom is -0.385 e. The molecule has 0 rings (SSSR count). The number of hydrogen-bond acceptors (Lipinski definition) is 2. The third-order valence-electron chi connectivity index (χ3n) is 1.55. The quantitative estimate of drug-likeness (QED) is 0.586. The molecule has 0 fully saturated rings. The van der Waals surface area contributed by atoms with Crippen molar-refractivity contribution in [2.45, 2.75) is 6.42 Å². The number of nitrogens with zero attached hydrogens (tertiary/aromatic N) is 2. The van der Waals surface area contributed by atoms with Crippen LogP contribution in [-0.2, 0) is 4.74 Å². The summed E-state index contributed by atoms with van der Waals surface area (Å²) in [5.41, 5.74) is 0. The molecular weight excluding hydrogens is 156 g/mol. The Bertz CT molecular complexity index is 137. The highest BCUT2D eigenvalue weighted by Crippen LogP contribution is 1.92. The molecule has 0 unspecified atom stereocenters. The van der Waals surface area contributed by atoms with Crippen LogP contribution in [0.15, 0.2) is 0 Å². The van der Waals surface area contributed by atoms with E-state index in [1.54, 1.807) is 38.1 Å². The molecule has 0 aliphatic heterocycles. The lowest BCUT2D eigenvalue weighted by Gasteiger charge is -2.21. The van der Waals surface area contributed by atoms with Gasteiger partial charge in [-0.25, -0.2) is 4.79 Å². The summed E-state index contributed by atoms with van der Waals surface area (Å²) >= 11 is 0. The fourth-order valence-corrected chi connectivity index (χ4v) is 0.883. The van der Waals surface area contributed by atoms with Gasteiger partial charge in [-0.3, -0.25) is 0 Å². The summed E-state index contributed by atoms with van der Waals surface area (Å²) < 4.78 is 4.88. The molecule has 0 aromatic rings. The molecule has 0 N–H and O–H groups in total. The van der Waals surface area contributed by atoms with Crippen molar-refractivity contribution in [3.63, 3.8) is 0 Å². The van der Waals surface area contributed by atoms with Crippen molar-refractivity contribution in [2.24, 2.45) is 0 Å². The smallest absolute Gasteiger partial charge is 0.319 e. The summed E-state index contributed by atoms with van der Waals surface area (Å²) in [4.78, 5) is 14.5. The van der Waals surface area contributed by atoms with E-state index in [4.69, 9.17) is 4.74 Å². The van der Waals surface area contributed by atoms with Crippen LogP contribution in [0.4, 0.5) is 4.79 Å². The van der Waals surface area contributed by atoms with Gasteiger partial charge in [-0.1, -0.05) is 0 Å². The standard InChI is InChI=1S/C8H18N2O2/c1-9(2)8(11)10(3)6-5-7-12-4/h5-7H2,1-4H3. The molecule has 0 aromatic carbocycles. The Morgan fingerprint density at radius 2 is 1.92 bits per heavy atom. The fourth-order valence-electron chi connectivity index (χ4n) is 0.883. The minimum absolute atomic E-state index is 0.0334. The van der Waals surface area contributed by atoms with Crippen LogP contribution in [0.1, 0.15) is 6.42 Å². The molecule has 0 heterocycles. The summed E-state index contributed by atoms with van der Waals surface area (Å²) in [7, 11) is 6.94. The molecule has 2 amide bonds. The van der Waals surface area contributed by atoms with Gasteiger partial charge in [0.05, 0.1) is 0 Å². The Kier molecular flexibility index (Phi) is 5.45. The number of hydrogen-bond donors (Lipinski definition) is 0. The lowest BCUT2D eigenvalue weighted by molar-refractivity contribution is 0.163. The number of methoxy groups -OCH3 is 1. The lowest BCUT2D eigenvalue weighted by atomic mass is 10.4. The first-order valence-corrected chi connectivity index (χ1v) is 4.01. The number of carbonyl (C=O) groups is 1. The molecular formula is C8H18N2O2. The molecule has 0 saturated carbocycles. The monoisotopic (exact) mass is 174 g/mol.